The molecule has 0 aliphatic rings. The molecule has 0 aliphatic heterocycles. The number of carbonyl (C=O) groups is 1. The first-order valence-electron chi connectivity index (χ1n) is 7.05. The number of nitrogens with one attached hydrogen (secondary N) is 1. The summed E-state index contributed by atoms with van der Waals surface area (Å²) in [4.78, 5) is 23.5. The molecule has 1 amide bonds. The Morgan fingerprint density at radius 2 is 2.00 bits per heavy atom. The van der Waals surface area contributed by atoms with Crippen LogP contribution in [0.4, 0.5) is 0 Å². The first kappa shape index (κ1) is 15.2. The lowest BCUT2D eigenvalue weighted by Crippen LogP contribution is -2.11. The van der Waals surface area contributed by atoms with Crippen LogP contribution >= 0.6 is 11.6 Å². The molecule has 3 aromatic rings. The SMILES string of the molecule is Cc1nccc(-c2cc(C(N)=O)c(-c3cc(Cl)ccc3C)[nH]2)n1. The second-order valence-corrected chi connectivity index (χ2v) is 5.72. The van der Waals surface area contributed by atoms with E-state index in [2.05, 4.69) is 15.0 Å². The van der Waals surface area contributed by atoms with E-state index in [0.29, 0.717) is 33.5 Å². The second kappa shape index (κ2) is 5.85. The molecule has 0 bridgehead atoms. The largest absolute Gasteiger partial charge is 0.366 e. The standard InChI is InChI=1S/C17H15ClN4O/c1-9-3-4-11(18)7-12(9)16-13(17(19)23)8-15(22-16)14-5-6-20-10(2)21-14/h3-8,22H,1-2H3,(H2,19,23). The van der Waals surface area contributed by atoms with Gasteiger partial charge in [0.2, 0.25) is 0 Å². The van der Waals surface area contributed by atoms with Gasteiger partial charge >= 0.3 is 0 Å². The van der Waals surface area contributed by atoms with Crippen molar-refractivity contribution >= 4 is 17.5 Å². The average Bonchev–Trinajstić information content (AvgIpc) is 2.95. The molecule has 0 fully saturated rings. The molecule has 1 aromatic carbocycles. The Bertz CT molecular complexity index is 901. The topological polar surface area (TPSA) is 84.7 Å². The monoisotopic (exact) mass is 326 g/mol. The lowest BCUT2D eigenvalue weighted by molar-refractivity contribution is 0.100. The molecular weight excluding hydrogens is 312 g/mol. The van der Waals surface area contributed by atoms with Crippen molar-refractivity contribution in [2.75, 3.05) is 0 Å². The lowest BCUT2D eigenvalue weighted by atomic mass is 10.0. The van der Waals surface area contributed by atoms with Gasteiger partial charge < -0.3 is 10.7 Å². The van der Waals surface area contributed by atoms with Gasteiger partial charge in [-0.2, -0.15) is 0 Å². The van der Waals surface area contributed by atoms with Crippen molar-refractivity contribution in [3.05, 3.63) is 58.5 Å². The summed E-state index contributed by atoms with van der Waals surface area (Å²) >= 11 is 6.09. The Kier molecular flexibility index (Phi) is 3.88. The number of halogens is 1. The third-order valence-electron chi connectivity index (χ3n) is 3.60. The van der Waals surface area contributed by atoms with E-state index in [4.69, 9.17) is 17.3 Å². The number of hydrogen-bond donors (Lipinski definition) is 2. The van der Waals surface area contributed by atoms with Crippen LogP contribution in [0.15, 0.2) is 36.5 Å². The van der Waals surface area contributed by atoms with E-state index in [-0.39, 0.29) is 0 Å². The minimum absolute atomic E-state index is 0.404. The number of nitrogens with zero attached hydrogens (tertiary/aromatic N) is 2. The van der Waals surface area contributed by atoms with Crippen LogP contribution in [0.1, 0.15) is 21.7 Å². The molecular formula is C17H15ClN4O. The molecule has 0 saturated carbocycles. The maximum Gasteiger partial charge on any atom is 0.250 e. The number of benzene rings is 1. The summed E-state index contributed by atoms with van der Waals surface area (Å²) < 4.78 is 0. The van der Waals surface area contributed by atoms with Crippen molar-refractivity contribution in [2.45, 2.75) is 13.8 Å². The fourth-order valence-corrected chi connectivity index (χ4v) is 2.64. The number of carbonyl (C=O) groups excluding carboxylic acids is 1. The molecule has 0 atom stereocenters. The van der Waals surface area contributed by atoms with Crippen LogP contribution in [0.2, 0.25) is 5.02 Å². The lowest BCUT2D eigenvalue weighted by Gasteiger charge is -2.06. The first-order chi connectivity index (χ1) is 11.0. The average molecular weight is 327 g/mol. The summed E-state index contributed by atoms with van der Waals surface area (Å²) in [7, 11) is 0. The van der Waals surface area contributed by atoms with Crippen molar-refractivity contribution in [3.8, 4) is 22.6 Å². The summed E-state index contributed by atoms with van der Waals surface area (Å²) in [5.74, 6) is 0.144. The third-order valence-corrected chi connectivity index (χ3v) is 3.84. The fourth-order valence-electron chi connectivity index (χ4n) is 2.47. The molecule has 5 nitrogen and oxygen atoms in total. The molecule has 0 aliphatic carbocycles. The summed E-state index contributed by atoms with van der Waals surface area (Å²) in [5, 5.41) is 0.593. The first-order valence-corrected chi connectivity index (χ1v) is 7.43. The molecule has 0 radical (unpaired) electrons. The Morgan fingerprint density at radius 3 is 2.70 bits per heavy atom. The maximum absolute atomic E-state index is 11.8. The molecule has 3 N–H and O–H groups in total. The molecule has 0 unspecified atom stereocenters. The highest BCUT2D eigenvalue weighted by atomic mass is 35.5. The summed E-state index contributed by atoms with van der Waals surface area (Å²) in [5.41, 5.74) is 9.82. The van der Waals surface area contributed by atoms with E-state index in [1.54, 1.807) is 18.3 Å². The summed E-state index contributed by atoms with van der Waals surface area (Å²) in [6.07, 6.45) is 1.67. The minimum Gasteiger partial charge on any atom is -0.366 e. The predicted octanol–water partition coefficient (Wildman–Crippen LogP) is 3.51. The van der Waals surface area contributed by atoms with Gasteiger partial charge in [-0.15, -0.1) is 0 Å². The molecule has 23 heavy (non-hydrogen) atoms. The number of aryl methyl sites for hydroxylation is 2. The van der Waals surface area contributed by atoms with Gasteiger partial charge in [-0.1, -0.05) is 17.7 Å². The van der Waals surface area contributed by atoms with Crippen LogP contribution in [0, 0.1) is 13.8 Å². The Hall–Kier alpha value is -2.66. The van der Waals surface area contributed by atoms with Crippen LogP contribution in [0.25, 0.3) is 22.6 Å². The van der Waals surface area contributed by atoms with E-state index < -0.39 is 5.91 Å². The van der Waals surface area contributed by atoms with Gasteiger partial charge in [-0.05, 0) is 43.7 Å². The molecule has 2 heterocycles. The molecule has 6 heteroatoms. The van der Waals surface area contributed by atoms with Gasteiger partial charge in [-0.25, -0.2) is 9.97 Å². The van der Waals surface area contributed by atoms with Crippen molar-refractivity contribution in [3.63, 3.8) is 0 Å². The van der Waals surface area contributed by atoms with Gasteiger partial charge in [0.1, 0.15) is 5.82 Å². The van der Waals surface area contributed by atoms with Crippen LogP contribution in [0.3, 0.4) is 0 Å². The number of rotatable bonds is 3. The van der Waals surface area contributed by atoms with E-state index in [0.717, 1.165) is 11.1 Å². The van der Waals surface area contributed by atoms with E-state index in [1.165, 1.54) is 0 Å². The molecule has 2 aromatic heterocycles. The number of nitrogens with two attached hydrogens (primary N) is 1. The van der Waals surface area contributed by atoms with Crippen LogP contribution in [-0.4, -0.2) is 20.9 Å². The summed E-state index contributed by atoms with van der Waals surface area (Å²) in [6, 6.07) is 9.00. The van der Waals surface area contributed by atoms with Gasteiger partial charge in [0, 0.05) is 16.8 Å². The number of primary amides is 1. The highest BCUT2D eigenvalue weighted by molar-refractivity contribution is 6.31. The van der Waals surface area contributed by atoms with Gasteiger partial charge in [0.05, 0.1) is 22.6 Å². The van der Waals surface area contributed by atoms with Crippen molar-refractivity contribution < 1.29 is 4.79 Å². The number of amides is 1. The number of hydrogen-bond acceptors (Lipinski definition) is 3. The molecule has 3 rings (SSSR count). The Morgan fingerprint density at radius 1 is 1.22 bits per heavy atom. The highest BCUT2D eigenvalue weighted by Crippen LogP contribution is 2.31. The van der Waals surface area contributed by atoms with Crippen molar-refractivity contribution in [1.29, 1.82) is 0 Å². The van der Waals surface area contributed by atoms with E-state index >= 15 is 0 Å². The number of aromatic amines is 1. The third kappa shape index (κ3) is 2.96. The Balaban J connectivity index is 2.21. The smallest absolute Gasteiger partial charge is 0.250 e. The van der Waals surface area contributed by atoms with Gasteiger partial charge in [-0.3, -0.25) is 4.79 Å². The van der Waals surface area contributed by atoms with Gasteiger partial charge in [0.15, 0.2) is 0 Å². The Labute approximate surface area is 138 Å². The van der Waals surface area contributed by atoms with Crippen LogP contribution in [0.5, 0.6) is 0 Å². The zero-order valence-corrected chi connectivity index (χ0v) is 13.5. The summed E-state index contributed by atoms with van der Waals surface area (Å²) in [6.45, 7) is 3.76. The van der Waals surface area contributed by atoms with Crippen molar-refractivity contribution in [1.82, 2.24) is 15.0 Å². The zero-order chi connectivity index (χ0) is 16.6. The van der Waals surface area contributed by atoms with E-state index in [1.807, 2.05) is 32.0 Å². The molecule has 116 valence electrons. The molecule has 0 spiro atoms. The number of aromatic nitrogens is 3. The van der Waals surface area contributed by atoms with Crippen LogP contribution in [-0.2, 0) is 0 Å². The quantitative estimate of drug-likeness (QED) is 0.772. The zero-order valence-electron chi connectivity index (χ0n) is 12.7. The van der Waals surface area contributed by atoms with Crippen molar-refractivity contribution in [2.24, 2.45) is 5.73 Å². The highest BCUT2D eigenvalue weighted by Gasteiger charge is 2.18. The predicted molar refractivity (Wildman–Crippen MR) is 90.3 cm³/mol. The van der Waals surface area contributed by atoms with Gasteiger partial charge in [0.25, 0.3) is 5.91 Å². The normalized spacial score (nSPS) is 10.7. The minimum atomic E-state index is -0.507. The van der Waals surface area contributed by atoms with E-state index in [9.17, 15) is 4.79 Å². The molecule has 0 saturated heterocycles. The fraction of sp³-hybridized carbons (Fsp3) is 0.118. The second-order valence-electron chi connectivity index (χ2n) is 5.28. The van der Waals surface area contributed by atoms with Crippen LogP contribution < -0.4 is 5.73 Å². The maximum atomic E-state index is 11.8. The number of H-pyrrole nitrogens is 1.